The van der Waals surface area contributed by atoms with E-state index in [9.17, 15) is 4.79 Å². The van der Waals surface area contributed by atoms with Crippen LogP contribution in [0.5, 0.6) is 0 Å². The van der Waals surface area contributed by atoms with Gasteiger partial charge in [0.25, 0.3) is 6.02 Å². The lowest BCUT2D eigenvalue weighted by molar-refractivity contribution is 0.223. The molecule has 0 aromatic heterocycles. The molecule has 5 nitrogen and oxygen atoms in total. The second-order valence-electron chi connectivity index (χ2n) is 3.41. The molecule has 0 fully saturated rings. The highest BCUT2D eigenvalue weighted by Gasteiger charge is 2.12. The highest BCUT2D eigenvalue weighted by atomic mass is 32.2. The maximum atomic E-state index is 11.6. The third kappa shape index (κ3) is 4.67. The van der Waals surface area contributed by atoms with Crippen molar-refractivity contribution in [2.75, 3.05) is 12.8 Å². The van der Waals surface area contributed by atoms with Crippen molar-refractivity contribution in [2.24, 2.45) is 0 Å². The maximum absolute atomic E-state index is 11.6. The Hall–Kier alpha value is -1.69. The normalized spacial score (nSPS) is 9.67. The van der Waals surface area contributed by atoms with Crippen LogP contribution in [0, 0.1) is 5.41 Å². The molecule has 98 valence electrons. The lowest BCUT2D eigenvalue weighted by Crippen LogP contribution is -2.39. The summed E-state index contributed by atoms with van der Waals surface area (Å²) < 4.78 is 6.65. The summed E-state index contributed by atoms with van der Waals surface area (Å²) in [7, 11) is 0. The van der Waals surface area contributed by atoms with Crippen molar-refractivity contribution >= 4 is 24.0 Å². The molecule has 0 aliphatic carbocycles. The first-order chi connectivity index (χ1) is 8.67. The number of hydrogen-bond acceptors (Lipinski definition) is 4. The van der Waals surface area contributed by atoms with E-state index in [0.717, 1.165) is 5.56 Å². The zero-order valence-corrected chi connectivity index (χ0v) is 11.3. The summed E-state index contributed by atoms with van der Waals surface area (Å²) in [6, 6.07) is 8.92. The Kier molecular flexibility index (Phi) is 6.07. The van der Waals surface area contributed by atoms with Gasteiger partial charge in [-0.1, -0.05) is 30.3 Å². The number of nitrogens with zero attached hydrogens (tertiary/aromatic N) is 1. The van der Waals surface area contributed by atoms with Gasteiger partial charge in [-0.3, -0.25) is 15.0 Å². The summed E-state index contributed by atoms with van der Waals surface area (Å²) in [5.41, 5.74) is 0.953. The number of carbonyl (C=O) groups is 1. The van der Waals surface area contributed by atoms with Gasteiger partial charge < -0.3 is 4.74 Å². The van der Waals surface area contributed by atoms with Gasteiger partial charge in [0.05, 0.1) is 0 Å². The van der Waals surface area contributed by atoms with Gasteiger partial charge in [-0.25, -0.2) is 4.79 Å². The van der Waals surface area contributed by atoms with Crippen LogP contribution in [0.2, 0.25) is 0 Å². The van der Waals surface area contributed by atoms with Crippen molar-refractivity contribution in [3.05, 3.63) is 35.9 Å². The molecular weight excluding hydrogens is 250 g/mol. The molecule has 6 heteroatoms. The van der Waals surface area contributed by atoms with Gasteiger partial charge in [0.15, 0.2) is 0 Å². The quantitative estimate of drug-likeness (QED) is 0.500. The van der Waals surface area contributed by atoms with Crippen molar-refractivity contribution in [3.8, 4) is 0 Å². The van der Waals surface area contributed by atoms with E-state index in [1.54, 1.807) is 6.26 Å². The highest BCUT2D eigenvalue weighted by Crippen LogP contribution is 2.04. The number of benzene rings is 1. The van der Waals surface area contributed by atoms with E-state index in [2.05, 4.69) is 5.32 Å². The Balaban J connectivity index is 2.36. The van der Waals surface area contributed by atoms with E-state index in [0.29, 0.717) is 6.54 Å². The van der Waals surface area contributed by atoms with Crippen LogP contribution in [-0.2, 0) is 11.3 Å². The summed E-state index contributed by atoms with van der Waals surface area (Å²) in [6.45, 7) is 2.70. The Morgan fingerprint density at radius 1 is 1.44 bits per heavy atom. The van der Waals surface area contributed by atoms with Gasteiger partial charge in [-0.2, -0.15) is 0 Å². The first-order valence-electron chi connectivity index (χ1n) is 5.55. The first-order valence-corrected chi connectivity index (χ1v) is 6.73. The zero-order chi connectivity index (χ0) is 13.4. The molecule has 0 radical (unpaired) electrons. The van der Waals surface area contributed by atoms with Crippen LogP contribution >= 0.6 is 11.9 Å². The number of rotatable bonds is 4. The van der Waals surface area contributed by atoms with E-state index in [1.807, 2.05) is 37.3 Å². The fourth-order valence-corrected chi connectivity index (χ4v) is 1.75. The van der Waals surface area contributed by atoms with Crippen LogP contribution in [-0.4, -0.2) is 29.2 Å². The van der Waals surface area contributed by atoms with Crippen LogP contribution in [0.1, 0.15) is 12.5 Å². The molecule has 0 spiro atoms. The number of hydrogen-bond donors (Lipinski definition) is 2. The molecule has 0 aliphatic rings. The molecule has 18 heavy (non-hydrogen) atoms. The van der Waals surface area contributed by atoms with Crippen LogP contribution < -0.4 is 5.32 Å². The molecular formula is C12H17N3O2S. The van der Waals surface area contributed by atoms with Gasteiger partial charge in [-0.15, -0.1) is 0 Å². The fraction of sp³-hybridized carbons (Fsp3) is 0.333. The number of amidine groups is 1. The average Bonchev–Trinajstić information content (AvgIpc) is 2.39. The molecule has 0 heterocycles. The zero-order valence-electron chi connectivity index (χ0n) is 10.5. The molecule has 1 aromatic carbocycles. The van der Waals surface area contributed by atoms with Gasteiger partial charge in [0, 0.05) is 12.8 Å². The minimum absolute atomic E-state index is 0.239. The highest BCUT2D eigenvalue weighted by molar-refractivity contribution is 7.96. The molecule has 2 amide bonds. The summed E-state index contributed by atoms with van der Waals surface area (Å²) in [5.74, 6) is 0. The molecule has 0 saturated heterocycles. The summed E-state index contributed by atoms with van der Waals surface area (Å²) in [5, 5.41) is 9.90. The molecule has 1 aromatic rings. The lowest BCUT2D eigenvalue weighted by atomic mass is 10.2. The SMILES string of the molecule is CCN(SC)C(=O)NC(=N)OCc1ccccc1. The number of ether oxygens (including phenoxy) is 1. The van der Waals surface area contributed by atoms with Crippen LogP contribution in [0.4, 0.5) is 4.79 Å². The van der Waals surface area contributed by atoms with E-state index in [1.165, 1.54) is 16.3 Å². The minimum Gasteiger partial charge on any atom is -0.460 e. The molecule has 1 rings (SSSR count). The third-order valence-electron chi connectivity index (χ3n) is 2.18. The topological polar surface area (TPSA) is 65.4 Å². The van der Waals surface area contributed by atoms with Crippen LogP contribution in [0.25, 0.3) is 0 Å². The van der Waals surface area contributed by atoms with Crippen molar-refractivity contribution in [1.29, 1.82) is 5.41 Å². The number of urea groups is 1. The standard InChI is InChI=1S/C12H17N3O2S/c1-3-15(18-2)12(16)14-11(13)17-9-10-7-5-4-6-8-10/h4-8H,3,9H2,1-2H3,(H2,13,14,16). The van der Waals surface area contributed by atoms with E-state index < -0.39 is 0 Å². The Morgan fingerprint density at radius 3 is 2.67 bits per heavy atom. The van der Waals surface area contributed by atoms with Crippen molar-refractivity contribution in [3.63, 3.8) is 0 Å². The van der Waals surface area contributed by atoms with E-state index >= 15 is 0 Å². The summed E-state index contributed by atoms with van der Waals surface area (Å²) >= 11 is 1.30. The third-order valence-corrected chi connectivity index (χ3v) is 3.05. The minimum atomic E-state index is -0.344. The molecule has 0 atom stereocenters. The smallest absolute Gasteiger partial charge is 0.335 e. The molecule has 2 N–H and O–H groups in total. The van der Waals surface area contributed by atoms with Crippen LogP contribution in [0.15, 0.2) is 30.3 Å². The second kappa shape index (κ2) is 7.60. The van der Waals surface area contributed by atoms with Gasteiger partial charge >= 0.3 is 6.03 Å². The number of amides is 2. The number of carbonyl (C=O) groups excluding carboxylic acids is 1. The van der Waals surface area contributed by atoms with Crippen molar-refractivity contribution < 1.29 is 9.53 Å². The number of nitrogens with one attached hydrogen (secondary N) is 2. The lowest BCUT2D eigenvalue weighted by Gasteiger charge is -2.17. The van der Waals surface area contributed by atoms with Crippen LogP contribution in [0.3, 0.4) is 0 Å². The van der Waals surface area contributed by atoms with Crippen molar-refractivity contribution in [2.45, 2.75) is 13.5 Å². The molecule has 0 bridgehead atoms. The maximum Gasteiger partial charge on any atom is 0.335 e. The largest absolute Gasteiger partial charge is 0.460 e. The molecule has 0 saturated carbocycles. The second-order valence-corrected chi connectivity index (χ2v) is 4.22. The molecule has 0 unspecified atom stereocenters. The Bertz CT molecular complexity index is 394. The van der Waals surface area contributed by atoms with E-state index in [-0.39, 0.29) is 18.7 Å². The van der Waals surface area contributed by atoms with E-state index in [4.69, 9.17) is 10.1 Å². The summed E-state index contributed by atoms with van der Waals surface area (Å²) in [6.07, 6.45) is 1.80. The van der Waals surface area contributed by atoms with Gasteiger partial charge in [-0.05, 0) is 24.4 Å². The van der Waals surface area contributed by atoms with Crippen molar-refractivity contribution in [1.82, 2.24) is 9.62 Å². The predicted octanol–water partition coefficient (Wildman–Crippen LogP) is 2.45. The monoisotopic (exact) mass is 267 g/mol. The Morgan fingerprint density at radius 2 is 2.11 bits per heavy atom. The predicted molar refractivity (Wildman–Crippen MR) is 73.4 cm³/mol. The first kappa shape index (κ1) is 14.4. The average molecular weight is 267 g/mol. The van der Waals surface area contributed by atoms with Gasteiger partial charge in [0.2, 0.25) is 0 Å². The molecule has 0 aliphatic heterocycles. The summed E-state index contributed by atoms with van der Waals surface area (Å²) in [4.78, 5) is 11.6. The van der Waals surface area contributed by atoms with Gasteiger partial charge in [0.1, 0.15) is 6.61 Å². The fourth-order valence-electron chi connectivity index (χ4n) is 1.28. The Labute approximate surface area is 111 Å².